The molecule has 1 aliphatic heterocycles. The number of hydrogen-bond acceptors (Lipinski definition) is 6. The molecule has 33 heavy (non-hydrogen) atoms. The summed E-state index contributed by atoms with van der Waals surface area (Å²) in [4.78, 5) is 25.6. The first kappa shape index (κ1) is 21.2. The molecule has 1 aliphatic rings. The Morgan fingerprint density at radius 3 is 2.67 bits per heavy atom. The first-order valence-corrected chi connectivity index (χ1v) is 11.0. The Kier molecular flexibility index (Phi) is 6.10. The molecule has 1 unspecified atom stereocenters. The van der Waals surface area contributed by atoms with Gasteiger partial charge < -0.3 is 9.64 Å². The Morgan fingerprint density at radius 1 is 1.03 bits per heavy atom. The van der Waals surface area contributed by atoms with Gasteiger partial charge in [0.15, 0.2) is 5.82 Å². The number of nitrogens with zero attached hydrogens (tertiary/aromatic N) is 6. The van der Waals surface area contributed by atoms with E-state index >= 15 is 0 Å². The van der Waals surface area contributed by atoms with Crippen LogP contribution in [-0.4, -0.2) is 61.6 Å². The van der Waals surface area contributed by atoms with E-state index in [9.17, 15) is 4.79 Å². The first-order valence-electron chi connectivity index (χ1n) is 10.6. The summed E-state index contributed by atoms with van der Waals surface area (Å²) in [5.74, 6) is 0.545. The number of hydrogen-bond donors (Lipinski definition) is 0. The van der Waals surface area contributed by atoms with Crippen LogP contribution in [0.5, 0.6) is 0 Å². The molecule has 0 N–H and O–H groups in total. The highest BCUT2D eigenvalue weighted by Gasteiger charge is 2.30. The van der Waals surface area contributed by atoms with E-state index in [4.69, 9.17) is 16.3 Å². The number of amides is 1. The van der Waals surface area contributed by atoms with Gasteiger partial charge in [-0.2, -0.15) is 15.0 Å². The van der Waals surface area contributed by atoms with Crippen LogP contribution in [0.15, 0.2) is 73.3 Å². The van der Waals surface area contributed by atoms with Crippen LogP contribution in [0.2, 0.25) is 5.02 Å². The minimum atomic E-state index is -0.129. The van der Waals surface area contributed by atoms with Crippen LogP contribution in [0.4, 0.5) is 0 Å². The Morgan fingerprint density at radius 2 is 1.85 bits per heavy atom. The summed E-state index contributed by atoms with van der Waals surface area (Å²) in [6, 6.07) is 14.9. The highest BCUT2D eigenvalue weighted by molar-refractivity contribution is 6.31. The summed E-state index contributed by atoms with van der Waals surface area (Å²) in [7, 11) is 0. The van der Waals surface area contributed by atoms with Crippen LogP contribution < -0.4 is 0 Å². The van der Waals surface area contributed by atoms with Gasteiger partial charge in [-0.3, -0.25) is 4.79 Å². The van der Waals surface area contributed by atoms with E-state index in [2.05, 4.69) is 26.2 Å². The van der Waals surface area contributed by atoms with Crippen LogP contribution in [-0.2, 0) is 11.2 Å². The number of rotatable bonds is 5. The molecule has 0 saturated carbocycles. The lowest BCUT2D eigenvalue weighted by molar-refractivity contribution is -0.00164. The van der Waals surface area contributed by atoms with E-state index in [-0.39, 0.29) is 11.9 Å². The number of carbonyl (C=O) groups excluding carboxylic acids is 1. The Balaban J connectivity index is 1.43. The normalized spacial score (nSPS) is 16.0. The van der Waals surface area contributed by atoms with E-state index in [0.29, 0.717) is 48.3 Å². The summed E-state index contributed by atoms with van der Waals surface area (Å²) in [5.41, 5.74) is 3.05. The second kappa shape index (κ2) is 9.48. The number of aromatic nitrogens is 5. The molecule has 0 bridgehead atoms. The fraction of sp³-hybridized carbons (Fsp3) is 0.208. The van der Waals surface area contributed by atoms with Crippen molar-refractivity contribution in [2.24, 2.45) is 0 Å². The van der Waals surface area contributed by atoms with Gasteiger partial charge in [0.25, 0.3) is 5.91 Å². The Bertz CT molecular complexity index is 1250. The Labute approximate surface area is 195 Å². The summed E-state index contributed by atoms with van der Waals surface area (Å²) >= 11 is 6.25. The smallest absolute Gasteiger partial charge is 0.256 e. The van der Waals surface area contributed by atoms with Crippen molar-refractivity contribution in [3.8, 4) is 17.1 Å². The van der Waals surface area contributed by atoms with Gasteiger partial charge in [0.05, 0.1) is 42.9 Å². The molecule has 1 atom stereocenters. The molecule has 166 valence electrons. The van der Waals surface area contributed by atoms with Crippen LogP contribution in [0.3, 0.4) is 0 Å². The maximum absolute atomic E-state index is 13.7. The molecular formula is C24H21ClN6O2. The molecule has 0 radical (unpaired) electrons. The van der Waals surface area contributed by atoms with Crippen molar-refractivity contribution in [2.45, 2.75) is 12.5 Å². The molecular weight excluding hydrogens is 440 g/mol. The van der Waals surface area contributed by atoms with Gasteiger partial charge in [0, 0.05) is 29.5 Å². The minimum Gasteiger partial charge on any atom is -0.377 e. The topological polar surface area (TPSA) is 86.0 Å². The average Bonchev–Trinajstić information content (AvgIpc) is 3.39. The summed E-state index contributed by atoms with van der Waals surface area (Å²) in [5, 5.41) is 8.85. The maximum Gasteiger partial charge on any atom is 0.256 e. The number of benzene rings is 2. The largest absolute Gasteiger partial charge is 0.377 e. The third-order valence-corrected chi connectivity index (χ3v) is 5.77. The van der Waals surface area contributed by atoms with E-state index in [1.807, 2.05) is 23.1 Å². The second-order valence-corrected chi connectivity index (χ2v) is 8.12. The van der Waals surface area contributed by atoms with Crippen molar-refractivity contribution in [1.82, 2.24) is 29.9 Å². The van der Waals surface area contributed by atoms with Crippen molar-refractivity contribution in [3.63, 3.8) is 0 Å². The number of carbonyl (C=O) groups is 1. The lowest BCUT2D eigenvalue weighted by atomic mass is 10.0. The van der Waals surface area contributed by atoms with Gasteiger partial charge in [-0.1, -0.05) is 29.8 Å². The van der Waals surface area contributed by atoms with E-state index < -0.39 is 0 Å². The summed E-state index contributed by atoms with van der Waals surface area (Å²) in [6.07, 6.45) is 7.23. The fourth-order valence-corrected chi connectivity index (χ4v) is 4.17. The molecule has 1 fully saturated rings. The predicted molar refractivity (Wildman–Crippen MR) is 123 cm³/mol. The summed E-state index contributed by atoms with van der Waals surface area (Å²) in [6.45, 7) is 1.42. The van der Waals surface area contributed by atoms with E-state index in [0.717, 1.165) is 11.1 Å². The number of ether oxygens (including phenoxy) is 1. The zero-order valence-electron chi connectivity index (χ0n) is 17.7. The van der Waals surface area contributed by atoms with Crippen molar-refractivity contribution in [1.29, 1.82) is 0 Å². The Hall–Kier alpha value is -3.62. The van der Waals surface area contributed by atoms with E-state index in [1.54, 1.807) is 49.1 Å². The van der Waals surface area contributed by atoms with Gasteiger partial charge in [0.1, 0.15) is 0 Å². The maximum atomic E-state index is 13.7. The third-order valence-electron chi connectivity index (χ3n) is 5.53. The number of morpholine rings is 1. The van der Waals surface area contributed by atoms with Crippen LogP contribution in [0.25, 0.3) is 17.1 Å². The minimum absolute atomic E-state index is 0.124. The highest BCUT2D eigenvalue weighted by atomic mass is 35.5. The second-order valence-electron chi connectivity index (χ2n) is 7.68. The molecule has 5 rings (SSSR count). The number of halogens is 1. The van der Waals surface area contributed by atoms with Crippen molar-refractivity contribution in [2.75, 3.05) is 19.8 Å². The molecule has 1 amide bonds. The molecule has 8 nitrogen and oxygen atoms in total. The molecule has 0 spiro atoms. The zero-order chi connectivity index (χ0) is 22.6. The lowest BCUT2D eigenvalue weighted by Gasteiger charge is -2.36. The van der Waals surface area contributed by atoms with E-state index in [1.165, 1.54) is 4.80 Å². The highest BCUT2D eigenvalue weighted by Crippen LogP contribution is 2.24. The van der Waals surface area contributed by atoms with Gasteiger partial charge >= 0.3 is 0 Å². The first-order chi connectivity index (χ1) is 16.2. The molecule has 9 heteroatoms. The molecule has 2 aromatic carbocycles. The van der Waals surface area contributed by atoms with Gasteiger partial charge in [0.2, 0.25) is 0 Å². The molecule has 1 saturated heterocycles. The zero-order valence-corrected chi connectivity index (χ0v) is 18.5. The van der Waals surface area contributed by atoms with Crippen LogP contribution >= 0.6 is 11.6 Å². The standard InChI is InChI=1S/C24H21ClN6O2/c25-19-5-6-22(31-28-9-10-29-31)21(15-19)24(32)30-11-12-33-16-20(30)14-17-3-1-4-18(13-17)23-26-7-2-8-27-23/h1-10,13,15,20H,11-12,14,16H2. The van der Waals surface area contributed by atoms with Crippen LogP contribution in [0, 0.1) is 0 Å². The molecule has 2 aromatic heterocycles. The molecule has 0 aliphatic carbocycles. The quantitative estimate of drug-likeness (QED) is 0.453. The molecule has 4 aromatic rings. The lowest BCUT2D eigenvalue weighted by Crippen LogP contribution is -2.50. The summed E-state index contributed by atoms with van der Waals surface area (Å²) < 4.78 is 5.74. The monoisotopic (exact) mass is 460 g/mol. The van der Waals surface area contributed by atoms with Gasteiger partial charge in [-0.05, 0) is 42.3 Å². The predicted octanol–water partition coefficient (Wildman–Crippen LogP) is 3.46. The fourth-order valence-electron chi connectivity index (χ4n) is 4.00. The third kappa shape index (κ3) is 4.62. The van der Waals surface area contributed by atoms with Crippen molar-refractivity contribution < 1.29 is 9.53 Å². The van der Waals surface area contributed by atoms with Crippen molar-refractivity contribution >= 4 is 17.5 Å². The average molecular weight is 461 g/mol. The van der Waals surface area contributed by atoms with Crippen molar-refractivity contribution in [3.05, 3.63) is 89.5 Å². The van der Waals surface area contributed by atoms with Gasteiger partial charge in [-0.15, -0.1) is 0 Å². The van der Waals surface area contributed by atoms with Gasteiger partial charge in [-0.25, -0.2) is 9.97 Å². The molecule has 3 heterocycles. The SMILES string of the molecule is O=C(c1cc(Cl)ccc1-n1nccn1)N1CCOCC1Cc1cccc(-c2ncccn2)c1. The van der Waals surface area contributed by atoms with Crippen LogP contribution in [0.1, 0.15) is 15.9 Å².